The van der Waals surface area contributed by atoms with Gasteiger partial charge in [-0.15, -0.1) is 0 Å². The third-order valence-electron chi connectivity index (χ3n) is 2.73. The maximum Gasteiger partial charge on any atom is 0.262 e. The lowest BCUT2D eigenvalue weighted by Gasteiger charge is -2.20. The molecule has 1 aliphatic heterocycles. The molecule has 0 spiro atoms. The van der Waals surface area contributed by atoms with Crippen molar-refractivity contribution in [3.63, 3.8) is 0 Å². The lowest BCUT2D eigenvalue weighted by Crippen LogP contribution is -2.40. The number of carbonyl (C=O) groups excluding carboxylic acids is 2. The average molecular weight is 233 g/mol. The molecule has 0 aliphatic carbocycles. The molecule has 1 aromatic carbocycles. The SMILES string of the molecule is C/C=C/C(CF)N1C(=O)c2ccccc2C1=O. The molecule has 1 aromatic rings. The van der Waals surface area contributed by atoms with E-state index >= 15 is 0 Å². The minimum Gasteiger partial charge on any atom is -0.269 e. The van der Waals surface area contributed by atoms with Crippen LogP contribution < -0.4 is 0 Å². The molecule has 0 radical (unpaired) electrons. The Kier molecular flexibility index (Phi) is 3.04. The van der Waals surface area contributed by atoms with E-state index in [4.69, 9.17) is 0 Å². The van der Waals surface area contributed by atoms with Gasteiger partial charge >= 0.3 is 0 Å². The highest BCUT2D eigenvalue weighted by Gasteiger charge is 2.38. The number of rotatable bonds is 3. The Morgan fingerprint density at radius 1 is 1.24 bits per heavy atom. The standard InChI is InChI=1S/C13H12FNO2/c1-2-5-9(8-14)15-12(16)10-6-3-4-7-11(10)13(15)17/h2-7,9H,8H2,1H3/b5-2+. The maximum absolute atomic E-state index is 12.9. The van der Waals surface area contributed by atoms with Crippen LogP contribution in [0.1, 0.15) is 27.6 Å². The van der Waals surface area contributed by atoms with Gasteiger partial charge in [0.05, 0.1) is 17.2 Å². The van der Waals surface area contributed by atoms with Gasteiger partial charge in [-0.05, 0) is 19.1 Å². The van der Waals surface area contributed by atoms with E-state index in [1.165, 1.54) is 6.08 Å². The van der Waals surface area contributed by atoms with Crippen molar-refractivity contribution in [1.82, 2.24) is 4.90 Å². The first kappa shape index (κ1) is 11.5. The van der Waals surface area contributed by atoms with Crippen LogP contribution in [0.2, 0.25) is 0 Å². The van der Waals surface area contributed by atoms with Crippen LogP contribution in [-0.2, 0) is 0 Å². The van der Waals surface area contributed by atoms with E-state index in [0.29, 0.717) is 11.1 Å². The zero-order valence-corrected chi connectivity index (χ0v) is 9.39. The summed E-state index contributed by atoms with van der Waals surface area (Å²) in [5.41, 5.74) is 0.695. The quantitative estimate of drug-likeness (QED) is 0.593. The highest BCUT2D eigenvalue weighted by atomic mass is 19.1. The molecular formula is C13H12FNO2. The number of benzene rings is 1. The second kappa shape index (κ2) is 4.49. The number of alkyl halides is 1. The predicted molar refractivity (Wildman–Crippen MR) is 61.5 cm³/mol. The number of amides is 2. The van der Waals surface area contributed by atoms with E-state index in [9.17, 15) is 14.0 Å². The summed E-state index contributed by atoms with van der Waals surface area (Å²) < 4.78 is 12.9. The summed E-state index contributed by atoms with van der Waals surface area (Å²) in [6, 6.07) is 5.73. The smallest absolute Gasteiger partial charge is 0.262 e. The third-order valence-corrected chi connectivity index (χ3v) is 2.73. The molecule has 1 heterocycles. The predicted octanol–water partition coefficient (Wildman–Crippen LogP) is 2.20. The number of fused-ring (bicyclic) bond motifs is 1. The molecule has 88 valence electrons. The first-order valence-corrected chi connectivity index (χ1v) is 5.36. The van der Waals surface area contributed by atoms with Crippen LogP contribution in [0.5, 0.6) is 0 Å². The minimum absolute atomic E-state index is 0.348. The molecule has 0 bridgehead atoms. The van der Waals surface area contributed by atoms with Crippen molar-refractivity contribution in [2.75, 3.05) is 6.67 Å². The molecule has 1 atom stereocenters. The molecule has 2 amide bonds. The van der Waals surface area contributed by atoms with Gasteiger partial charge in [-0.2, -0.15) is 0 Å². The van der Waals surface area contributed by atoms with Gasteiger partial charge in [-0.3, -0.25) is 14.5 Å². The minimum atomic E-state index is -0.813. The highest BCUT2D eigenvalue weighted by molar-refractivity contribution is 6.21. The van der Waals surface area contributed by atoms with Crippen molar-refractivity contribution in [2.24, 2.45) is 0 Å². The fourth-order valence-corrected chi connectivity index (χ4v) is 1.94. The van der Waals surface area contributed by atoms with E-state index in [1.54, 1.807) is 37.3 Å². The van der Waals surface area contributed by atoms with Crippen molar-refractivity contribution in [3.05, 3.63) is 47.5 Å². The van der Waals surface area contributed by atoms with Gasteiger partial charge in [0.1, 0.15) is 6.67 Å². The van der Waals surface area contributed by atoms with Crippen molar-refractivity contribution < 1.29 is 14.0 Å². The van der Waals surface area contributed by atoms with E-state index < -0.39 is 24.5 Å². The van der Waals surface area contributed by atoms with E-state index in [-0.39, 0.29) is 0 Å². The normalized spacial score (nSPS) is 16.7. The summed E-state index contributed by atoms with van der Waals surface area (Å²) in [6.45, 7) is 0.955. The summed E-state index contributed by atoms with van der Waals surface area (Å²) in [5, 5.41) is 0. The van der Waals surface area contributed by atoms with Crippen LogP contribution in [-0.4, -0.2) is 29.4 Å². The Bertz CT molecular complexity index is 461. The zero-order chi connectivity index (χ0) is 12.4. The van der Waals surface area contributed by atoms with Gasteiger partial charge in [0.25, 0.3) is 11.8 Å². The van der Waals surface area contributed by atoms with Crippen LogP contribution in [0.15, 0.2) is 36.4 Å². The molecule has 0 saturated carbocycles. The summed E-state index contributed by atoms with van der Waals surface area (Å²) in [6.07, 6.45) is 3.15. The Labute approximate surface area is 98.5 Å². The molecule has 0 N–H and O–H groups in total. The van der Waals surface area contributed by atoms with Crippen molar-refractivity contribution in [2.45, 2.75) is 13.0 Å². The number of imide groups is 1. The van der Waals surface area contributed by atoms with Gasteiger partial charge in [-0.1, -0.05) is 24.3 Å². The number of hydrogen-bond acceptors (Lipinski definition) is 2. The van der Waals surface area contributed by atoms with Crippen LogP contribution in [0.3, 0.4) is 0 Å². The van der Waals surface area contributed by atoms with Crippen LogP contribution in [0.4, 0.5) is 4.39 Å². The number of halogens is 1. The van der Waals surface area contributed by atoms with E-state index in [2.05, 4.69) is 0 Å². The maximum atomic E-state index is 12.9. The lowest BCUT2D eigenvalue weighted by atomic mass is 10.1. The molecule has 0 aromatic heterocycles. The molecular weight excluding hydrogens is 221 g/mol. The highest BCUT2D eigenvalue weighted by Crippen LogP contribution is 2.24. The lowest BCUT2D eigenvalue weighted by molar-refractivity contribution is 0.0596. The third kappa shape index (κ3) is 1.75. The summed E-state index contributed by atoms with van der Waals surface area (Å²) in [4.78, 5) is 25.0. The number of allylic oxidation sites excluding steroid dienone is 1. The fourth-order valence-electron chi connectivity index (χ4n) is 1.94. The molecule has 0 saturated heterocycles. The van der Waals surface area contributed by atoms with Gasteiger partial charge < -0.3 is 0 Å². The van der Waals surface area contributed by atoms with Crippen LogP contribution in [0, 0.1) is 0 Å². The van der Waals surface area contributed by atoms with Gasteiger partial charge in [0, 0.05) is 0 Å². The Balaban J connectivity index is 2.42. The van der Waals surface area contributed by atoms with Gasteiger partial charge in [0.2, 0.25) is 0 Å². The van der Waals surface area contributed by atoms with Crippen LogP contribution in [0.25, 0.3) is 0 Å². The zero-order valence-electron chi connectivity index (χ0n) is 9.39. The van der Waals surface area contributed by atoms with Crippen molar-refractivity contribution >= 4 is 11.8 Å². The molecule has 1 aliphatic rings. The first-order valence-electron chi connectivity index (χ1n) is 5.36. The Hall–Kier alpha value is -1.97. The number of carbonyl (C=O) groups is 2. The second-order valence-corrected chi connectivity index (χ2v) is 3.77. The molecule has 2 rings (SSSR count). The molecule has 0 fully saturated rings. The van der Waals surface area contributed by atoms with Crippen molar-refractivity contribution in [1.29, 1.82) is 0 Å². The molecule has 4 heteroatoms. The van der Waals surface area contributed by atoms with Crippen molar-refractivity contribution in [3.8, 4) is 0 Å². The Morgan fingerprint density at radius 2 is 1.76 bits per heavy atom. The second-order valence-electron chi connectivity index (χ2n) is 3.77. The molecule has 3 nitrogen and oxygen atoms in total. The molecule has 1 unspecified atom stereocenters. The fraction of sp³-hybridized carbons (Fsp3) is 0.231. The molecule has 17 heavy (non-hydrogen) atoms. The summed E-state index contributed by atoms with van der Waals surface area (Å²) in [7, 11) is 0. The van der Waals surface area contributed by atoms with Gasteiger partial charge in [-0.25, -0.2) is 4.39 Å². The van der Waals surface area contributed by atoms with Crippen LogP contribution >= 0.6 is 0 Å². The first-order chi connectivity index (χ1) is 8.20. The van der Waals surface area contributed by atoms with E-state index in [0.717, 1.165) is 4.90 Å². The van der Waals surface area contributed by atoms with E-state index in [1.807, 2.05) is 0 Å². The summed E-state index contributed by atoms with van der Waals surface area (Å²) in [5.74, 6) is -0.849. The summed E-state index contributed by atoms with van der Waals surface area (Å²) >= 11 is 0. The monoisotopic (exact) mass is 233 g/mol. The topological polar surface area (TPSA) is 37.4 Å². The van der Waals surface area contributed by atoms with Gasteiger partial charge in [0.15, 0.2) is 0 Å². The largest absolute Gasteiger partial charge is 0.269 e. The number of hydrogen-bond donors (Lipinski definition) is 0. The average Bonchev–Trinajstić information content (AvgIpc) is 2.61. The number of nitrogens with zero attached hydrogens (tertiary/aromatic N) is 1. The Morgan fingerprint density at radius 3 is 2.18 bits per heavy atom.